The number of methoxy groups -OCH3 is 3. The number of ether oxygens (including phenoxy) is 3. The topological polar surface area (TPSA) is 140 Å². The molecule has 0 saturated carbocycles. The molecule has 1 aromatic carbocycles. The lowest BCUT2D eigenvalue weighted by molar-refractivity contribution is -0.112. The van der Waals surface area contributed by atoms with Gasteiger partial charge in [0.1, 0.15) is 11.6 Å². The van der Waals surface area contributed by atoms with Crippen molar-refractivity contribution in [2.24, 2.45) is 0 Å². The molecule has 0 spiro atoms. The van der Waals surface area contributed by atoms with Gasteiger partial charge in [-0.25, -0.2) is 8.42 Å². The molecule has 2 aromatic rings. The number of carbonyl (C=O) groups excluding carboxylic acids is 1. The minimum atomic E-state index is -3.54. The van der Waals surface area contributed by atoms with Crippen LogP contribution in [0.4, 0.5) is 5.13 Å². The van der Waals surface area contributed by atoms with Crippen LogP contribution in [0.2, 0.25) is 0 Å². The van der Waals surface area contributed by atoms with Gasteiger partial charge in [0.15, 0.2) is 11.5 Å². The predicted molar refractivity (Wildman–Crippen MR) is 106 cm³/mol. The summed E-state index contributed by atoms with van der Waals surface area (Å²) in [7, 11) is 0.811. The van der Waals surface area contributed by atoms with Crippen molar-refractivity contribution < 1.29 is 27.4 Å². The number of sulfone groups is 1. The van der Waals surface area contributed by atoms with Gasteiger partial charge < -0.3 is 14.2 Å². The summed E-state index contributed by atoms with van der Waals surface area (Å²) in [4.78, 5) is 12.4. The maximum Gasteiger partial charge on any atom is 0.268 e. The molecule has 0 aliphatic heterocycles. The number of nitrogens with zero attached hydrogens (tertiary/aromatic N) is 3. The molecular formula is C17H18N4O6S2. The average molecular weight is 438 g/mol. The van der Waals surface area contributed by atoms with E-state index in [1.807, 2.05) is 0 Å². The zero-order valence-electron chi connectivity index (χ0n) is 16.0. The molecule has 1 heterocycles. The first kappa shape index (κ1) is 22.1. The summed E-state index contributed by atoms with van der Waals surface area (Å²) in [5.74, 6) is 0.176. The lowest BCUT2D eigenvalue weighted by atomic mass is 10.1. The Kier molecular flexibility index (Phi) is 7.13. The Morgan fingerprint density at radius 3 is 2.31 bits per heavy atom. The third kappa shape index (κ3) is 5.01. The lowest BCUT2D eigenvalue weighted by Gasteiger charge is -2.13. The first-order valence-corrected chi connectivity index (χ1v) is 10.6. The predicted octanol–water partition coefficient (Wildman–Crippen LogP) is 1.90. The Balaban J connectivity index is 2.33. The van der Waals surface area contributed by atoms with Gasteiger partial charge in [0.25, 0.3) is 5.91 Å². The van der Waals surface area contributed by atoms with Crippen LogP contribution in [0.1, 0.15) is 12.5 Å². The van der Waals surface area contributed by atoms with Gasteiger partial charge in [-0.3, -0.25) is 10.1 Å². The van der Waals surface area contributed by atoms with Gasteiger partial charge in [0, 0.05) is 0 Å². The normalized spacial score (nSPS) is 11.5. The zero-order valence-corrected chi connectivity index (χ0v) is 17.7. The molecule has 2 rings (SSSR count). The van der Waals surface area contributed by atoms with Gasteiger partial charge in [0.2, 0.25) is 25.1 Å². The number of nitrogens with one attached hydrogen (secondary N) is 1. The average Bonchev–Trinajstić information content (AvgIpc) is 3.20. The molecule has 1 amide bonds. The van der Waals surface area contributed by atoms with Crippen LogP contribution in [0.15, 0.2) is 22.0 Å². The van der Waals surface area contributed by atoms with E-state index in [0.29, 0.717) is 34.1 Å². The lowest BCUT2D eigenvalue weighted by Crippen LogP contribution is -2.13. The first-order chi connectivity index (χ1) is 13.8. The first-order valence-electron chi connectivity index (χ1n) is 8.09. The van der Waals surface area contributed by atoms with E-state index in [0.717, 1.165) is 0 Å². The summed E-state index contributed by atoms with van der Waals surface area (Å²) >= 11 is 0.709. The minimum absolute atomic E-state index is 0.0342. The van der Waals surface area contributed by atoms with Crippen molar-refractivity contribution in [2.75, 3.05) is 32.4 Å². The molecule has 1 N–H and O–H groups in total. The summed E-state index contributed by atoms with van der Waals surface area (Å²) in [5.41, 5.74) is 0.215. The Labute approximate surface area is 171 Å². The summed E-state index contributed by atoms with van der Waals surface area (Å²) < 4.78 is 39.1. The number of carbonyl (C=O) groups is 1. The molecule has 0 fully saturated rings. The van der Waals surface area contributed by atoms with Crippen LogP contribution < -0.4 is 19.5 Å². The molecule has 0 bridgehead atoms. The summed E-state index contributed by atoms with van der Waals surface area (Å²) in [6.45, 7) is 1.48. The summed E-state index contributed by atoms with van der Waals surface area (Å²) in [6.07, 6.45) is 1.32. The quantitative estimate of drug-likeness (QED) is 0.371. The number of anilines is 1. The second-order valence-corrected chi connectivity index (χ2v) is 8.79. The number of amides is 1. The van der Waals surface area contributed by atoms with E-state index < -0.39 is 15.7 Å². The molecule has 0 aliphatic carbocycles. The monoisotopic (exact) mass is 438 g/mol. The van der Waals surface area contributed by atoms with E-state index in [9.17, 15) is 18.5 Å². The van der Waals surface area contributed by atoms with Gasteiger partial charge in [-0.05, 0) is 23.8 Å². The van der Waals surface area contributed by atoms with E-state index in [1.165, 1.54) is 34.3 Å². The van der Waals surface area contributed by atoms with Crippen molar-refractivity contribution in [3.63, 3.8) is 0 Å². The van der Waals surface area contributed by atoms with Crippen LogP contribution in [0.5, 0.6) is 17.2 Å². The van der Waals surface area contributed by atoms with Gasteiger partial charge in [-0.1, -0.05) is 18.3 Å². The van der Waals surface area contributed by atoms with Crippen molar-refractivity contribution >= 4 is 38.3 Å². The third-order valence-electron chi connectivity index (χ3n) is 3.64. The van der Waals surface area contributed by atoms with Crippen molar-refractivity contribution in [2.45, 2.75) is 11.3 Å². The zero-order chi connectivity index (χ0) is 21.6. The molecule has 0 atom stereocenters. The van der Waals surface area contributed by atoms with Crippen LogP contribution in [0, 0.1) is 11.3 Å². The number of rotatable bonds is 8. The largest absolute Gasteiger partial charge is 0.493 e. The van der Waals surface area contributed by atoms with Gasteiger partial charge in [-0.2, -0.15) is 5.26 Å². The fourth-order valence-electron chi connectivity index (χ4n) is 2.17. The Bertz CT molecular complexity index is 1060. The molecule has 0 radical (unpaired) electrons. The molecule has 29 heavy (non-hydrogen) atoms. The van der Waals surface area contributed by atoms with E-state index in [1.54, 1.807) is 18.2 Å². The summed E-state index contributed by atoms with van der Waals surface area (Å²) in [6, 6.07) is 4.94. The standard InChI is InChI=1S/C17H18N4O6S2/c1-5-29(23,24)17-21-20-16(28-17)19-15(22)11(9-18)6-10-7-12(25-2)14(27-4)13(8-10)26-3/h6-8H,5H2,1-4H3,(H,19,20,22)/b11-6-. The highest BCUT2D eigenvalue weighted by Crippen LogP contribution is 2.38. The van der Waals surface area contributed by atoms with Crippen LogP contribution in [0.25, 0.3) is 6.08 Å². The Hall–Kier alpha value is -3.17. The van der Waals surface area contributed by atoms with Crippen LogP contribution in [-0.4, -0.2) is 51.6 Å². The van der Waals surface area contributed by atoms with Crippen LogP contribution >= 0.6 is 11.3 Å². The van der Waals surface area contributed by atoms with Crippen molar-refractivity contribution in [1.29, 1.82) is 5.26 Å². The van der Waals surface area contributed by atoms with E-state index >= 15 is 0 Å². The molecule has 0 unspecified atom stereocenters. The highest BCUT2D eigenvalue weighted by molar-refractivity contribution is 7.93. The van der Waals surface area contributed by atoms with Gasteiger partial charge >= 0.3 is 0 Å². The summed E-state index contributed by atoms with van der Waals surface area (Å²) in [5, 5.41) is 18.9. The number of aromatic nitrogens is 2. The van der Waals surface area contributed by atoms with Gasteiger partial charge in [-0.15, -0.1) is 10.2 Å². The molecule has 12 heteroatoms. The van der Waals surface area contributed by atoms with Crippen molar-refractivity contribution in [3.05, 3.63) is 23.3 Å². The van der Waals surface area contributed by atoms with Gasteiger partial charge in [0.05, 0.1) is 27.1 Å². The minimum Gasteiger partial charge on any atom is -0.493 e. The third-order valence-corrected chi connectivity index (χ3v) is 6.66. The Morgan fingerprint density at radius 1 is 1.21 bits per heavy atom. The maximum absolute atomic E-state index is 12.4. The maximum atomic E-state index is 12.4. The molecule has 10 nitrogen and oxygen atoms in total. The highest BCUT2D eigenvalue weighted by Gasteiger charge is 2.20. The molecule has 154 valence electrons. The molecular weight excluding hydrogens is 420 g/mol. The highest BCUT2D eigenvalue weighted by atomic mass is 32.2. The number of hydrogen-bond donors (Lipinski definition) is 1. The smallest absolute Gasteiger partial charge is 0.268 e. The van der Waals surface area contributed by atoms with Crippen LogP contribution in [0.3, 0.4) is 0 Å². The Morgan fingerprint density at radius 2 is 1.83 bits per heavy atom. The number of nitriles is 1. The number of benzene rings is 1. The SMILES string of the molecule is CCS(=O)(=O)c1nnc(NC(=O)/C(C#N)=C\c2cc(OC)c(OC)c(OC)c2)s1. The van der Waals surface area contributed by atoms with Crippen molar-refractivity contribution in [3.8, 4) is 23.3 Å². The van der Waals surface area contributed by atoms with Crippen molar-refractivity contribution in [1.82, 2.24) is 10.2 Å². The second-order valence-electron chi connectivity index (χ2n) is 5.36. The van der Waals surface area contributed by atoms with Crippen LogP contribution in [-0.2, 0) is 14.6 Å². The second kappa shape index (κ2) is 9.35. The molecule has 1 aromatic heterocycles. The number of hydrogen-bond acceptors (Lipinski definition) is 10. The fraction of sp³-hybridized carbons (Fsp3) is 0.294. The van der Waals surface area contributed by atoms with E-state index in [2.05, 4.69) is 15.5 Å². The van der Waals surface area contributed by atoms with E-state index in [-0.39, 0.29) is 20.8 Å². The fourth-order valence-corrected chi connectivity index (χ4v) is 4.16. The molecule has 0 aliphatic rings. The molecule has 0 saturated heterocycles. The van der Waals surface area contributed by atoms with E-state index in [4.69, 9.17) is 14.2 Å².